The van der Waals surface area contributed by atoms with Crippen LogP contribution in [-0.4, -0.2) is 6.54 Å². The van der Waals surface area contributed by atoms with Gasteiger partial charge in [-0.15, -0.1) is 0 Å². The van der Waals surface area contributed by atoms with E-state index in [2.05, 4.69) is 38.2 Å². The number of hydrogen-bond acceptors (Lipinski definition) is 2. The van der Waals surface area contributed by atoms with Crippen LogP contribution in [0.4, 0.5) is 0 Å². The molecule has 0 aliphatic carbocycles. The first-order chi connectivity index (χ1) is 8.52. The van der Waals surface area contributed by atoms with Crippen molar-refractivity contribution in [3.8, 4) is 0 Å². The fourth-order valence-electron chi connectivity index (χ4n) is 2.31. The first kappa shape index (κ1) is 13.4. The van der Waals surface area contributed by atoms with Crippen molar-refractivity contribution in [1.29, 1.82) is 0 Å². The molecule has 3 heteroatoms. The van der Waals surface area contributed by atoms with Gasteiger partial charge in [-0.25, -0.2) is 0 Å². The minimum Gasteiger partial charge on any atom is -0.458 e. The lowest BCUT2D eigenvalue weighted by Crippen LogP contribution is -2.24. The first-order valence-corrected chi connectivity index (χ1v) is 6.83. The maximum absolute atomic E-state index is 6.22. The van der Waals surface area contributed by atoms with Crippen LogP contribution in [0.3, 0.4) is 0 Å². The lowest BCUT2D eigenvalue weighted by molar-refractivity contribution is 0.357. The minimum absolute atomic E-state index is 0.235. The van der Waals surface area contributed by atoms with Crippen LogP contribution in [0.1, 0.15) is 38.1 Å². The molecule has 0 saturated heterocycles. The number of benzene rings is 1. The molecule has 0 fully saturated rings. The Morgan fingerprint density at radius 3 is 2.61 bits per heavy atom. The average Bonchev–Trinajstić information content (AvgIpc) is 2.68. The maximum atomic E-state index is 6.22. The summed E-state index contributed by atoms with van der Waals surface area (Å²) in [7, 11) is 0. The van der Waals surface area contributed by atoms with Gasteiger partial charge in [0.25, 0.3) is 0 Å². The molecule has 0 bridgehead atoms. The van der Waals surface area contributed by atoms with E-state index < -0.39 is 0 Å². The van der Waals surface area contributed by atoms with Crippen LogP contribution in [0.25, 0.3) is 11.0 Å². The van der Waals surface area contributed by atoms with Crippen LogP contribution in [0, 0.1) is 12.8 Å². The van der Waals surface area contributed by atoms with Gasteiger partial charge >= 0.3 is 0 Å². The molecule has 1 unspecified atom stereocenters. The highest BCUT2D eigenvalue weighted by atomic mass is 35.5. The molecule has 0 spiro atoms. The Hall–Kier alpha value is -0.990. The van der Waals surface area contributed by atoms with E-state index in [9.17, 15) is 0 Å². The van der Waals surface area contributed by atoms with Gasteiger partial charge in [0.1, 0.15) is 5.76 Å². The van der Waals surface area contributed by atoms with Gasteiger partial charge in [0.15, 0.2) is 5.58 Å². The molecule has 0 saturated carbocycles. The highest BCUT2D eigenvalue weighted by Gasteiger charge is 2.19. The monoisotopic (exact) mass is 265 g/mol. The molecule has 1 aromatic carbocycles. The van der Waals surface area contributed by atoms with Crippen LogP contribution in [0.2, 0.25) is 5.02 Å². The number of aryl methyl sites for hydroxylation is 1. The average molecular weight is 266 g/mol. The topological polar surface area (TPSA) is 25.2 Å². The molecular weight excluding hydrogens is 246 g/mol. The molecule has 1 aromatic heterocycles. The summed E-state index contributed by atoms with van der Waals surface area (Å²) in [6, 6.07) is 6.38. The Morgan fingerprint density at radius 2 is 2.00 bits per heavy atom. The molecule has 18 heavy (non-hydrogen) atoms. The SMILES string of the molecule is CCNC(c1cc2cc(C)cc(Cl)c2o1)C(C)C. The molecule has 0 aliphatic heterocycles. The van der Waals surface area contributed by atoms with E-state index in [1.165, 1.54) is 0 Å². The van der Waals surface area contributed by atoms with E-state index in [4.69, 9.17) is 16.0 Å². The van der Waals surface area contributed by atoms with Gasteiger partial charge in [-0.2, -0.15) is 0 Å². The summed E-state index contributed by atoms with van der Waals surface area (Å²) < 4.78 is 5.94. The number of furan rings is 1. The lowest BCUT2D eigenvalue weighted by atomic mass is 10.0. The molecule has 2 aromatic rings. The summed E-state index contributed by atoms with van der Waals surface area (Å²) in [5.41, 5.74) is 1.95. The Bertz CT molecular complexity index is 545. The van der Waals surface area contributed by atoms with E-state index >= 15 is 0 Å². The van der Waals surface area contributed by atoms with Gasteiger partial charge in [-0.1, -0.05) is 32.4 Å². The number of halogens is 1. The molecule has 1 heterocycles. The predicted molar refractivity (Wildman–Crippen MR) is 77.2 cm³/mol. The lowest BCUT2D eigenvalue weighted by Gasteiger charge is -2.19. The second-order valence-electron chi connectivity index (χ2n) is 5.09. The van der Waals surface area contributed by atoms with Crippen LogP contribution in [-0.2, 0) is 0 Å². The van der Waals surface area contributed by atoms with Gasteiger partial charge in [0, 0.05) is 5.39 Å². The van der Waals surface area contributed by atoms with Gasteiger partial charge < -0.3 is 9.73 Å². The summed E-state index contributed by atoms with van der Waals surface area (Å²) in [6.07, 6.45) is 0. The minimum atomic E-state index is 0.235. The highest BCUT2D eigenvalue weighted by molar-refractivity contribution is 6.34. The third kappa shape index (κ3) is 2.55. The quantitative estimate of drug-likeness (QED) is 0.867. The molecule has 1 N–H and O–H groups in total. The second-order valence-corrected chi connectivity index (χ2v) is 5.50. The molecule has 0 amide bonds. The zero-order valence-electron chi connectivity index (χ0n) is 11.4. The second kappa shape index (κ2) is 5.33. The molecule has 0 radical (unpaired) electrons. The third-order valence-electron chi connectivity index (χ3n) is 3.13. The summed E-state index contributed by atoms with van der Waals surface area (Å²) in [6.45, 7) is 9.45. The Labute approximate surface area is 113 Å². The fourth-order valence-corrected chi connectivity index (χ4v) is 2.63. The van der Waals surface area contributed by atoms with Crippen molar-refractivity contribution < 1.29 is 4.42 Å². The van der Waals surface area contributed by atoms with Gasteiger partial charge in [-0.05, 0) is 43.1 Å². The smallest absolute Gasteiger partial charge is 0.152 e. The maximum Gasteiger partial charge on any atom is 0.152 e. The normalized spacial score (nSPS) is 13.4. The number of hydrogen-bond donors (Lipinski definition) is 1. The summed E-state index contributed by atoms with van der Waals surface area (Å²) in [5.74, 6) is 1.44. The molecule has 1 atom stereocenters. The molecule has 2 rings (SSSR count). The predicted octanol–water partition coefficient (Wildman–Crippen LogP) is 4.70. The number of fused-ring (bicyclic) bond motifs is 1. The molecule has 0 aliphatic rings. The van der Waals surface area contributed by atoms with Crippen molar-refractivity contribution in [2.75, 3.05) is 6.54 Å². The molecule has 98 valence electrons. The van der Waals surface area contributed by atoms with Gasteiger partial charge in [-0.3, -0.25) is 0 Å². The van der Waals surface area contributed by atoms with Crippen LogP contribution in [0.15, 0.2) is 22.6 Å². The Balaban J connectivity index is 2.48. The van der Waals surface area contributed by atoms with E-state index in [1.807, 2.05) is 13.0 Å². The first-order valence-electron chi connectivity index (χ1n) is 6.46. The fraction of sp³-hybridized carbons (Fsp3) is 0.467. The molecule has 2 nitrogen and oxygen atoms in total. The number of rotatable bonds is 4. The molecular formula is C15H20ClNO. The third-order valence-corrected chi connectivity index (χ3v) is 3.41. The zero-order chi connectivity index (χ0) is 13.3. The van der Waals surface area contributed by atoms with Crippen molar-refractivity contribution in [3.63, 3.8) is 0 Å². The van der Waals surface area contributed by atoms with Crippen LogP contribution >= 0.6 is 11.6 Å². The standard InChI is InChI=1S/C15H20ClNO/c1-5-17-14(9(2)3)13-8-11-6-10(4)7-12(16)15(11)18-13/h6-9,14,17H,5H2,1-4H3. The van der Waals surface area contributed by atoms with E-state index in [0.29, 0.717) is 10.9 Å². The summed E-state index contributed by atoms with van der Waals surface area (Å²) >= 11 is 6.22. The van der Waals surface area contributed by atoms with E-state index in [1.54, 1.807) is 0 Å². The van der Waals surface area contributed by atoms with Crippen molar-refractivity contribution in [2.45, 2.75) is 33.7 Å². The summed E-state index contributed by atoms with van der Waals surface area (Å²) in [5, 5.41) is 5.23. The van der Waals surface area contributed by atoms with E-state index in [0.717, 1.165) is 28.8 Å². The summed E-state index contributed by atoms with van der Waals surface area (Å²) in [4.78, 5) is 0. The van der Waals surface area contributed by atoms with Crippen molar-refractivity contribution in [1.82, 2.24) is 5.32 Å². The number of nitrogens with one attached hydrogen (secondary N) is 1. The van der Waals surface area contributed by atoms with Gasteiger partial charge in [0.2, 0.25) is 0 Å². The van der Waals surface area contributed by atoms with Gasteiger partial charge in [0.05, 0.1) is 11.1 Å². The largest absolute Gasteiger partial charge is 0.458 e. The van der Waals surface area contributed by atoms with Crippen molar-refractivity contribution in [3.05, 3.63) is 34.5 Å². The Morgan fingerprint density at radius 1 is 1.28 bits per heavy atom. The van der Waals surface area contributed by atoms with Crippen LogP contribution in [0.5, 0.6) is 0 Å². The van der Waals surface area contributed by atoms with Crippen LogP contribution < -0.4 is 5.32 Å². The van der Waals surface area contributed by atoms with Crippen molar-refractivity contribution >= 4 is 22.6 Å². The highest BCUT2D eigenvalue weighted by Crippen LogP contribution is 2.32. The Kier molecular flexibility index (Phi) is 3.98. The zero-order valence-corrected chi connectivity index (χ0v) is 12.1. The van der Waals surface area contributed by atoms with E-state index in [-0.39, 0.29) is 6.04 Å². The van der Waals surface area contributed by atoms with Crippen molar-refractivity contribution in [2.24, 2.45) is 5.92 Å².